The average Bonchev–Trinajstić information content (AvgIpc) is 2.64. The Morgan fingerprint density at radius 3 is 2.63 bits per heavy atom. The summed E-state index contributed by atoms with van der Waals surface area (Å²) < 4.78 is 5.57. The highest BCUT2D eigenvalue weighted by atomic mass is 127. The lowest BCUT2D eigenvalue weighted by atomic mass is 10.1. The van der Waals surface area contributed by atoms with Crippen molar-refractivity contribution in [1.29, 1.82) is 0 Å². The number of carbonyl (C=O) groups is 1. The number of hydrogen-bond acceptors (Lipinski definition) is 3. The number of nitrogens with one attached hydrogen (secondary N) is 3. The summed E-state index contributed by atoms with van der Waals surface area (Å²) in [4.78, 5) is 16.3. The molecule has 0 heterocycles. The van der Waals surface area contributed by atoms with Crippen molar-refractivity contribution in [2.45, 2.75) is 40.2 Å². The molecule has 0 bridgehead atoms. The fourth-order valence-corrected chi connectivity index (χ4v) is 2.27. The van der Waals surface area contributed by atoms with Gasteiger partial charge in [0, 0.05) is 45.5 Å². The smallest absolute Gasteiger partial charge is 0.251 e. The Kier molecular flexibility index (Phi) is 14.9. The normalized spacial score (nSPS) is 11.1. The van der Waals surface area contributed by atoms with Gasteiger partial charge in [0.2, 0.25) is 0 Å². The Hall–Kier alpha value is -1.35. The third-order valence-electron chi connectivity index (χ3n) is 3.62. The summed E-state index contributed by atoms with van der Waals surface area (Å²) in [5.41, 5.74) is 1.72. The zero-order chi connectivity index (χ0) is 19.2. The van der Waals surface area contributed by atoms with Gasteiger partial charge in [0.05, 0.1) is 0 Å². The zero-order valence-corrected chi connectivity index (χ0v) is 19.3. The molecule has 3 N–H and O–H groups in total. The van der Waals surface area contributed by atoms with Gasteiger partial charge in [-0.25, -0.2) is 0 Å². The number of halogens is 1. The second-order valence-corrected chi connectivity index (χ2v) is 6.63. The number of ether oxygens (including phenoxy) is 1. The van der Waals surface area contributed by atoms with Crippen LogP contribution in [0.5, 0.6) is 0 Å². The quantitative estimate of drug-likeness (QED) is 0.193. The lowest BCUT2D eigenvalue weighted by Gasteiger charge is -2.13. The standard InChI is InChI=1S/C20H34N4O2.HI/c1-5-10-22-19(25)18-9-6-8-17(13-18)14-24-20(21-4)23-11-7-12-26-15-16(2)3;/h6,8-9,13,16H,5,7,10-12,14-15H2,1-4H3,(H,22,25)(H2,21,23,24);1H. The van der Waals surface area contributed by atoms with E-state index in [2.05, 4.69) is 34.8 Å². The summed E-state index contributed by atoms with van der Waals surface area (Å²) in [6, 6.07) is 7.64. The molecular formula is C20H35IN4O2. The Morgan fingerprint density at radius 1 is 1.19 bits per heavy atom. The molecule has 0 unspecified atom stereocenters. The topological polar surface area (TPSA) is 74.8 Å². The van der Waals surface area contributed by atoms with E-state index in [-0.39, 0.29) is 29.9 Å². The van der Waals surface area contributed by atoms with Crippen LogP contribution in [-0.4, -0.2) is 45.2 Å². The van der Waals surface area contributed by atoms with Crippen LogP contribution in [0.15, 0.2) is 29.3 Å². The van der Waals surface area contributed by atoms with Crippen molar-refractivity contribution in [3.05, 3.63) is 35.4 Å². The molecule has 0 atom stereocenters. The van der Waals surface area contributed by atoms with Gasteiger partial charge < -0.3 is 20.7 Å². The Labute approximate surface area is 181 Å². The number of carbonyl (C=O) groups excluding carboxylic acids is 1. The maximum absolute atomic E-state index is 12.0. The van der Waals surface area contributed by atoms with Crippen LogP contribution < -0.4 is 16.0 Å². The highest BCUT2D eigenvalue weighted by Crippen LogP contribution is 2.05. The maximum atomic E-state index is 12.0. The molecule has 0 fully saturated rings. The molecule has 0 saturated heterocycles. The van der Waals surface area contributed by atoms with E-state index < -0.39 is 0 Å². The molecule has 6 nitrogen and oxygen atoms in total. The number of nitrogens with zero attached hydrogens (tertiary/aromatic N) is 1. The van der Waals surface area contributed by atoms with Crippen LogP contribution in [0, 0.1) is 5.92 Å². The van der Waals surface area contributed by atoms with Crippen molar-refractivity contribution in [2.75, 3.05) is 33.4 Å². The minimum Gasteiger partial charge on any atom is -0.381 e. The van der Waals surface area contributed by atoms with E-state index in [1.807, 2.05) is 31.2 Å². The summed E-state index contributed by atoms with van der Waals surface area (Å²) >= 11 is 0. The lowest BCUT2D eigenvalue weighted by Crippen LogP contribution is -2.37. The van der Waals surface area contributed by atoms with E-state index in [1.165, 1.54) is 0 Å². The first kappa shape index (κ1) is 25.6. The molecule has 1 amide bonds. The maximum Gasteiger partial charge on any atom is 0.251 e. The van der Waals surface area contributed by atoms with E-state index >= 15 is 0 Å². The van der Waals surface area contributed by atoms with E-state index in [9.17, 15) is 4.79 Å². The third kappa shape index (κ3) is 11.9. The first-order valence-corrected chi connectivity index (χ1v) is 9.46. The average molecular weight is 490 g/mol. The molecular weight excluding hydrogens is 455 g/mol. The molecule has 0 aromatic heterocycles. The highest BCUT2D eigenvalue weighted by molar-refractivity contribution is 14.0. The molecule has 0 radical (unpaired) electrons. The van der Waals surface area contributed by atoms with Gasteiger partial charge in [-0.05, 0) is 36.5 Å². The van der Waals surface area contributed by atoms with Gasteiger partial charge in [0.25, 0.3) is 5.91 Å². The van der Waals surface area contributed by atoms with Crippen LogP contribution in [0.2, 0.25) is 0 Å². The lowest BCUT2D eigenvalue weighted by molar-refractivity contribution is 0.0953. The van der Waals surface area contributed by atoms with Crippen LogP contribution in [0.25, 0.3) is 0 Å². The number of guanidine groups is 1. The Morgan fingerprint density at radius 2 is 1.96 bits per heavy atom. The molecule has 0 aliphatic carbocycles. The Bertz CT molecular complexity index is 565. The third-order valence-corrected chi connectivity index (χ3v) is 3.62. The predicted octanol–water partition coefficient (Wildman–Crippen LogP) is 3.17. The van der Waals surface area contributed by atoms with E-state index in [0.717, 1.165) is 44.1 Å². The second kappa shape index (κ2) is 15.7. The van der Waals surface area contributed by atoms with Gasteiger partial charge >= 0.3 is 0 Å². The number of rotatable bonds is 11. The monoisotopic (exact) mass is 490 g/mol. The van der Waals surface area contributed by atoms with Crippen molar-refractivity contribution in [3.8, 4) is 0 Å². The second-order valence-electron chi connectivity index (χ2n) is 6.63. The van der Waals surface area contributed by atoms with Gasteiger partial charge in [0.15, 0.2) is 5.96 Å². The molecule has 154 valence electrons. The van der Waals surface area contributed by atoms with Gasteiger partial charge in [-0.1, -0.05) is 32.9 Å². The molecule has 1 aromatic carbocycles. The molecule has 1 rings (SSSR count). The Balaban J connectivity index is 0.00000676. The van der Waals surface area contributed by atoms with Gasteiger partial charge in [-0.3, -0.25) is 9.79 Å². The minimum absolute atomic E-state index is 0. The van der Waals surface area contributed by atoms with Crippen LogP contribution in [-0.2, 0) is 11.3 Å². The molecule has 0 saturated carbocycles. The van der Waals surface area contributed by atoms with Crippen LogP contribution in [0.4, 0.5) is 0 Å². The van der Waals surface area contributed by atoms with E-state index in [4.69, 9.17) is 4.74 Å². The van der Waals surface area contributed by atoms with E-state index in [1.54, 1.807) is 7.05 Å². The molecule has 0 aliphatic heterocycles. The number of aliphatic imine (C=N–C) groups is 1. The summed E-state index contributed by atoms with van der Waals surface area (Å²) in [5, 5.41) is 9.44. The fourth-order valence-electron chi connectivity index (χ4n) is 2.27. The van der Waals surface area contributed by atoms with Gasteiger partial charge in [-0.15, -0.1) is 24.0 Å². The number of amides is 1. The number of benzene rings is 1. The van der Waals surface area contributed by atoms with Crippen LogP contribution in [0.3, 0.4) is 0 Å². The first-order valence-electron chi connectivity index (χ1n) is 9.46. The van der Waals surface area contributed by atoms with Gasteiger partial charge in [0.1, 0.15) is 0 Å². The van der Waals surface area contributed by atoms with Crippen molar-refractivity contribution in [2.24, 2.45) is 10.9 Å². The fraction of sp³-hybridized carbons (Fsp3) is 0.600. The molecule has 27 heavy (non-hydrogen) atoms. The van der Waals surface area contributed by atoms with Crippen molar-refractivity contribution in [3.63, 3.8) is 0 Å². The highest BCUT2D eigenvalue weighted by Gasteiger charge is 2.05. The zero-order valence-electron chi connectivity index (χ0n) is 17.0. The molecule has 1 aromatic rings. The largest absolute Gasteiger partial charge is 0.381 e. The van der Waals surface area contributed by atoms with Crippen molar-refractivity contribution >= 4 is 35.8 Å². The number of hydrogen-bond donors (Lipinski definition) is 3. The van der Waals surface area contributed by atoms with Crippen LogP contribution >= 0.6 is 24.0 Å². The van der Waals surface area contributed by atoms with Crippen LogP contribution in [0.1, 0.15) is 49.5 Å². The minimum atomic E-state index is -0.0300. The summed E-state index contributed by atoms with van der Waals surface area (Å²) in [6.07, 6.45) is 1.86. The molecule has 0 spiro atoms. The van der Waals surface area contributed by atoms with Crippen molar-refractivity contribution < 1.29 is 9.53 Å². The molecule has 7 heteroatoms. The summed E-state index contributed by atoms with van der Waals surface area (Å²) in [7, 11) is 1.75. The molecule has 0 aliphatic rings. The predicted molar refractivity (Wildman–Crippen MR) is 123 cm³/mol. The summed E-state index contributed by atoms with van der Waals surface area (Å²) in [5.74, 6) is 1.28. The first-order chi connectivity index (χ1) is 12.6. The summed E-state index contributed by atoms with van der Waals surface area (Å²) in [6.45, 7) is 9.98. The SMILES string of the molecule is CCCNC(=O)c1cccc(CNC(=NC)NCCCOCC(C)C)c1.I. The van der Waals surface area contributed by atoms with E-state index in [0.29, 0.717) is 24.6 Å². The van der Waals surface area contributed by atoms with Crippen molar-refractivity contribution in [1.82, 2.24) is 16.0 Å². The van der Waals surface area contributed by atoms with Gasteiger partial charge in [-0.2, -0.15) is 0 Å².